The first kappa shape index (κ1) is 9.53. The maximum atomic E-state index is 3.56. The minimum Gasteiger partial charge on any atom is -0.354 e. The van der Waals surface area contributed by atoms with Crippen molar-refractivity contribution in [2.45, 2.75) is 38.9 Å². The van der Waals surface area contributed by atoms with Crippen LogP contribution in [0.3, 0.4) is 0 Å². The van der Waals surface area contributed by atoms with Gasteiger partial charge in [0.05, 0.1) is 0 Å². The summed E-state index contributed by atoms with van der Waals surface area (Å²) in [5, 5.41) is 3.56. The van der Waals surface area contributed by atoms with Gasteiger partial charge < -0.3 is 9.88 Å². The van der Waals surface area contributed by atoms with Crippen molar-refractivity contribution in [2.75, 3.05) is 0 Å². The lowest BCUT2D eigenvalue weighted by Gasteiger charge is -2.10. The number of nitrogens with one attached hydrogen (secondary N) is 1. The van der Waals surface area contributed by atoms with Gasteiger partial charge in [-0.2, -0.15) is 0 Å². The molecule has 14 heavy (non-hydrogen) atoms. The molecule has 1 aromatic rings. The fourth-order valence-electron chi connectivity index (χ4n) is 1.84. The van der Waals surface area contributed by atoms with Gasteiger partial charge in [-0.3, -0.25) is 0 Å². The van der Waals surface area contributed by atoms with E-state index in [1.54, 1.807) is 0 Å². The fraction of sp³-hybridized carbons (Fsp3) is 0.500. The average molecular weight is 190 g/mol. The van der Waals surface area contributed by atoms with Gasteiger partial charge in [0.25, 0.3) is 0 Å². The zero-order valence-corrected chi connectivity index (χ0v) is 8.74. The lowest BCUT2D eigenvalue weighted by molar-refractivity contribution is 0.538. The van der Waals surface area contributed by atoms with E-state index in [9.17, 15) is 0 Å². The first-order valence-electron chi connectivity index (χ1n) is 5.41. The normalized spacial score (nSPS) is 16.6. The van der Waals surface area contributed by atoms with Crippen LogP contribution in [0.1, 0.15) is 25.3 Å². The second-order valence-corrected chi connectivity index (χ2v) is 3.87. The molecule has 1 N–H and O–H groups in total. The van der Waals surface area contributed by atoms with E-state index in [1.807, 2.05) is 0 Å². The Morgan fingerprint density at radius 2 is 2.21 bits per heavy atom. The van der Waals surface area contributed by atoms with Gasteiger partial charge in [0.15, 0.2) is 0 Å². The molecule has 0 aliphatic heterocycles. The summed E-state index contributed by atoms with van der Waals surface area (Å²) in [6.45, 7) is 4.22. The first-order chi connectivity index (χ1) is 6.88. The third kappa shape index (κ3) is 2.26. The molecule has 0 fully saturated rings. The Balaban J connectivity index is 1.79. The molecule has 2 heteroatoms. The Morgan fingerprint density at radius 3 is 2.86 bits per heavy atom. The molecule has 1 heterocycles. The molecule has 0 spiro atoms. The van der Waals surface area contributed by atoms with E-state index in [2.05, 4.69) is 47.4 Å². The third-order valence-corrected chi connectivity index (χ3v) is 2.78. The van der Waals surface area contributed by atoms with Gasteiger partial charge in [0.2, 0.25) is 0 Å². The van der Waals surface area contributed by atoms with Gasteiger partial charge in [0.1, 0.15) is 0 Å². The number of hydrogen-bond donors (Lipinski definition) is 1. The summed E-state index contributed by atoms with van der Waals surface area (Å²) >= 11 is 0. The van der Waals surface area contributed by atoms with Crippen molar-refractivity contribution in [2.24, 2.45) is 0 Å². The Labute approximate surface area is 85.6 Å². The fourth-order valence-corrected chi connectivity index (χ4v) is 1.84. The predicted octanol–water partition coefficient (Wildman–Crippen LogP) is 2.32. The highest BCUT2D eigenvalue weighted by atomic mass is 14.9. The van der Waals surface area contributed by atoms with E-state index in [-0.39, 0.29) is 0 Å². The smallest absolute Gasteiger partial charge is 0.0223 e. The van der Waals surface area contributed by atoms with Crippen molar-refractivity contribution in [3.63, 3.8) is 0 Å². The van der Waals surface area contributed by atoms with Crippen LogP contribution in [0.15, 0.2) is 30.6 Å². The van der Waals surface area contributed by atoms with Crippen molar-refractivity contribution >= 4 is 0 Å². The number of aryl methyl sites for hydroxylation is 1. The molecule has 0 saturated heterocycles. The second-order valence-electron chi connectivity index (χ2n) is 3.87. The molecule has 1 aromatic heterocycles. The Bertz CT molecular complexity index is 304. The van der Waals surface area contributed by atoms with Crippen molar-refractivity contribution < 1.29 is 0 Å². The summed E-state index contributed by atoms with van der Waals surface area (Å²) in [6.07, 6.45) is 11.3. The molecule has 2 nitrogen and oxygen atoms in total. The van der Waals surface area contributed by atoms with Gasteiger partial charge in [-0.25, -0.2) is 0 Å². The van der Waals surface area contributed by atoms with E-state index in [1.165, 1.54) is 18.4 Å². The van der Waals surface area contributed by atoms with Crippen LogP contribution in [-0.4, -0.2) is 10.6 Å². The van der Waals surface area contributed by atoms with Gasteiger partial charge in [0, 0.05) is 31.5 Å². The largest absolute Gasteiger partial charge is 0.354 e. The Morgan fingerprint density at radius 1 is 1.43 bits per heavy atom. The summed E-state index contributed by atoms with van der Waals surface area (Å²) in [6, 6.07) is 2.86. The molecule has 1 aliphatic rings. The molecule has 0 aromatic carbocycles. The monoisotopic (exact) mass is 190 g/mol. The molecule has 0 amide bonds. The lowest BCUT2D eigenvalue weighted by Crippen LogP contribution is -2.25. The molecule has 0 bridgehead atoms. The molecular formula is C12H18N2. The lowest BCUT2D eigenvalue weighted by atomic mass is 10.2. The van der Waals surface area contributed by atoms with Crippen LogP contribution in [0.2, 0.25) is 0 Å². The number of nitrogens with zero attached hydrogens (tertiary/aromatic N) is 1. The number of hydrogen-bond acceptors (Lipinski definition) is 1. The van der Waals surface area contributed by atoms with Gasteiger partial charge >= 0.3 is 0 Å². The molecule has 0 unspecified atom stereocenters. The van der Waals surface area contributed by atoms with Crippen LogP contribution in [0.5, 0.6) is 0 Å². The quantitative estimate of drug-likeness (QED) is 0.721. The average Bonchev–Trinajstić information content (AvgIpc) is 2.86. The van der Waals surface area contributed by atoms with E-state index in [0.717, 1.165) is 13.1 Å². The number of rotatable bonds is 4. The second kappa shape index (κ2) is 4.47. The Kier molecular flexibility index (Phi) is 3.04. The van der Waals surface area contributed by atoms with Crippen molar-refractivity contribution in [3.05, 3.63) is 36.2 Å². The summed E-state index contributed by atoms with van der Waals surface area (Å²) in [7, 11) is 0. The van der Waals surface area contributed by atoms with E-state index in [0.29, 0.717) is 6.04 Å². The molecule has 76 valence electrons. The van der Waals surface area contributed by atoms with Crippen molar-refractivity contribution in [3.8, 4) is 0 Å². The molecular weight excluding hydrogens is 172 g/mol. The maximum absolute atomic E-state index is 3.56. The molecule has 0 radical (unpaired) electrons. The molecule has 1 aliphatic carbocycles. The maximum Gasteiger partial charge on any atom is 0.0223 e. The van der Waals surface area contributed by atoms with E-state index < -0.39 is 0 Å². The Hall–Kier alpha value is -1.02. The highest BCUT2D eigenvalue weighted by Crippen LogP contribution is 2.10. The van der Waals surface area contributed by atoms with Crippen molar-refractivity contribution in [1.29, 1.82) is 0 Å². The minimum atomic E-state index is 0.667. The van der Waals surface area contributed by atoms with Crippen LogP contribution in [0.25, 0.3) is 0 Å². The summed E-state index contributed by atoms with van der Waals surface area (Å²) in [4.78, 5) is 0. The first-order valence-corrected chi connectivity index (χ1v) is 5.41. The molecule has 2 rings (SSSR count). The number of aromatic nitrogens is 1. The predicted molar refractivity (Wildman–Crippen MR) is 59.1 cm³/mol. The van der Waals surface area contributed by atoms with Crippen LogP contribution < -0.4 is 5.32 Å². The molecule has 0 atom stereocenters. The van der Waals surface area contributed by atoms with Crippen LogP contribution in [-0.2, 0) is 13.1 Å². The zero-order chi connectivity index (χ0) is 9.80. The van der Waals surface area contributed by atoms with Crippen molar-refractivity contribution in [1.82, 2.24) is 9.88 Å². The summed E-state index contributed by atoms with van der Waals surface area (Å²) in [5.41, 5.74) is 1.39. The van der Waals surface area contributed by atoms with E-state index in [4.69, 9.17) is 0 Å². The highest BCUT2D eigenvalue weighted by Gasteiger charge is 2.08. The zero-order valence-electron chi connectivity index (χ0n) is 8.74. The van der Waals surface area contributed by atoms with Gasteiger partial charge in [-0.15, -0.1) is 0 Å². The minimum absolute atomic E-state index is 0.667. The standard InChI is InChI=1S/C12H18N2/c1-2-14-8-7-11(10-14)9-13-12-5-3-4-6-12/h3-4,7-8,10,12-13H,2,5-6,9H2,1H3. The summed E-state index contributed by atoms with van der Waals surface area (Å²) < 4.78 is 2.21. The topological polar surface area (TPSA) is 17.0 Å². The van der Waals surface area contributed by atoms with Crippen LogP contribution in [0, 0.1) is 0 Å². The SMILES string of the molecule is CCn1ccc(CNC2CC=CC2)c1. The van der Waals surface area contributed by atoms with Gasteiger partial charge in [-0.05, 0) is 31.4 Å². The van der Waals surface area contributed by atoms with Gasteiger partial charge in [-0.1, -0.05) is 12.2 Å². The van der Waals surface area contributed by atoms with E-state index >= 15 is 0 Å². The molecule has 0 saturated carbocycles. The highest BCUT2D eigenvalue weighted by molar-refractivity contribution is 5.10. The van der Waals surface area contributed by atoms with Crippen LogP contribution >= 0.6 is 0 Å². The summed E-state index contributed by atoms with van der Waals surface area (Å²) in [5.74, 6) is 0. The van der Waals surface area contributed by atoms with Crippen LogP contribution in [0.4, 0.5) is 0 Å². The third-order valence-electron chi connectivity index (χ3n) is 2.78.